The third kappa shape index (κ3) is 6.86. The Morgan fingerprint density at radius 3 is 2.54 bits per heavy atom. The smallest absolute Gasteiger partial charge is 0.407 e. The number of aromatic nitrogens is 4. The van der Waals surface area contributed by atoms with E-state index in [1.807, 2.05) is 4.57 Å². The molecule has 0 aliphatic carbocycles. The molecule has 37 heavy (non-hydrogen) atoms. The number of halogens is 1. The Hall–Kier alpha value is -3.90. The number of carbonyl (C=O) groups excluding carboxylic acids is 1. The molecule has 0 aliphatic heterocycles. The highest BCUT2D eigenvalue weighted by Crippen LogP contribution is 2.21. The molecule has 194 valence electrons. The lowest BCUT2D eigenvalue weighted by Gasteiger charge is -2.10. The third-order valence-corrected chi connectivity index (χ3v) is 6.96. The van der Waals surface area contributed by atoms with Gasteiger partial charge in [-0.05, 0) is 54.3 Å². The van der Waals surface area contributed by atoms with Gasteiger partial charge in [0.2, 0.25) is 5.28 Å². The van der Waals surface area contributed by atoms with Gasteiger partial charge in [0.25, 0.3) is 10.0 Å². The molecule has 0 saturated carbocycles. The molecule has 0 aliphatic rings. The summed E-state index contributed by atoms with van der Waals surface area (Å²) in [6.07, 6.45) is 2.55. The van der Waals surface area contributed by atoms with Crippen LogP contribution in [0.5, 0.6) is 0 Å². The number of nitrogens with one attached hydrogen (secondary N) is 3. The van der Waals surface area contributed by atoms with E-state index in [1.54, 1.807) is 55.8 Å². The van der Waals surface area contributed by atoms with Gasteiger partial charge in [-0.25, -0.2) is 18.2 Å². The maximum atomic E-state index is 12.4. The molecule has 0 radical (unpaired) electrons. The van der Waals surface area contributed by atoms with E-state index >= 15 is 0 Å². The first-order chi connectivity index (χ1) is 17.9. The predicted octanol–water partition coefficient (Wildman–Crippen LogP) is 4.03. The number of hydrogen-bond acceptors (Lipinski definition) is 8. The molecule has 0 unspecified atom stereocenters. The summed E-state index contributed by atoms with van der Waals surface area (Å²) in [6, 6.07) is 14.9. The molecule has 0 spiro atoms. The second kappa shape index (κ2) is 11.9. The van der Waals surface area contributed by atoms with Crippen LogP contribution in [-0.4, -0.2) is 47.7 Å². The number of benzene rings is 2. The Balaban J connectivity index is 1.17. The molecule has 13 heteroatoms. The van der Waals surface area contributed by atoms with Crippen molar-refractivity contribution >= 4 is 50.4 Å². The van der Waals surface area contributed by atoms with E-state index in [9.17, 15) is 13.2 Å². The van der Waals surface area contributed by atoms with Gasteiger partial charge < -0.3 is 19.9 Å². The van der Waals surface area contributed by atoms with E-state index < -0.39 is 16.1 Å². The van der Waals surface area contributed by atoms with Gasteiger partial charge in [-0.3, -0.25) is 4.72 Å². The number of imidazole rings is 1. The van der Waals surface area contributed by atoms with Crippen molar-refractivity contribution in [3.63, 3.8) is 0 Å². The number of ether oxygens (including phenoxy) is 1. The standard InChI is InChI=1S/C24H26ClN7O4S/c1-26-21-20-22(30-23(25)29-21)32(16-28-20)13-5-6-14-36-24(33)27-15-17-9-11-18(12-10-17)31-37(34,35)19-7-3-2-4-8-19/h2-4,7-12,16,31H,5-6,13-15H2,1H3,(H,27,33)(H,26,29,30). The molecule has 2 aromatic carbocycles. The van der Waals surface area contributed by atoms with E-state index in [0.717, 1.165) is 12.0 Å². The Labute approximate surface area is 219 Å². The molecule has 1 amide bonds. The zero-order valence-corrected chi connectivity index (χ0v) is 21.6. The van der Waals surface area contributed by atoms with E-state index in [0.29, 0.717) is 35.6 Å². The first kappa shape index (κ1) is 26.2. The average Bonchev–Trinajstić information content (AvgIpc) is 3.30. The molecule has 3 N–H and O–H groups in total. The number of rotatable bonds is 11. The molecule has 0 atom stereocenters. The Morgan fingerprint density at radius 1 is 1.05 bits per heavy atom. The fourth-order valence-electron chi connectivity index (χ4n) is 3.53. The quantitative estimate of drug-likeness (QED) is 0.190. The van der Waals surface area contributed by atoms with Crippen LogP contribution in [0.4, 0.5) is 16.3 Å². The van der Waals surface area contributed by atoms with E-state index in [4.69, 9.17) is 16.3 Å². The lowest BCUT2D eigenvalue weighted by Crippen LogP contribution is -2.24. The fraction of sp³-hybridized carbons (Fsp3) is 0.250. The van der Waals surface area contributed by atoms with Crippen molar-refractivity contribution in [1.82, 2.24) is 24.8 Å². The van der Waals surface area contributed by atoms with Crippen molar-refractivity contribution < 1.29 is 17.9 Å². The molecule has 0 saturated heterocycles. The Bertz CT molecular complexity index is 1460. The lowest BCUT2D eigenvalue weighted by atomic mass is 10.2. The van der Waals surface area contributed by atoms with Crippen LogP contribution in [-0.2, 0) is 27.8 Å². The minimum Gasteiger partial charge on any atom is -0.450 e. The van der Waals surface area contributed by atoms with Gasteiger partial charge in [-0.2, -0.15) is 9.97 Å². The maximum absolute atomic E-state index is 12.4. The number of aryl methyl sites for hydroxylation is 1. The van der Waals surface area contributed by atoms with Crippen LogP contribution < -0.4 is 15.4 Å². The number of fused-ring (bicyclic) bond motifs is 1. The lowest BCUT2D eigenvalue weighted by molar-refractivity contribution is 0.143. The van der Waals surface area contributed by atoms with Crippen molar-refractivity contribution in [2.45, 2.75) is 30.8 Å². The highest BCUT2D eigenvalue weighted by atomic mass is 35.5. The van der Waals surface area contributed by atoms with Crippen LogP contribution in [0.15, 0.2) is 65.8 Å². The van der Waals surface area contributed by atoms with Gasteiger partial charge in [0, 0.05) is 25.8 Å². The van der Waals surface area contributed by atoms with Crippen molar-refractivity contribution in [3.05, 3.63) is 71.8 Å². The normalized spacial score (nSPS) is 11.3. The van der Waals surface area contributed by atoms with Crippen LogP contribution in [0.25, 0.3) is 11.2 Å². The SMILES string of the molecule is CNc1nc(Cl)nc2c1ncn2CCCCOC(=O)NCc1ccc(NS(=O)(=O)c2ccccc2)cc1. The van der Waals surface area contributed by atoms with Gasteiger partial charge in [0.05, 0.1) is 17.8 Å². The largest absolute Gasteiger partial charge is 0.450 e. The van der Waals surface area contributed by atoms with Gasteiger partial charge >= 0.3 is 6.09 Å². The Kier molecular flexibility index (Phi) is 8.41. The second-order valence-electron chi connectivity index (χ2n) is 8.01. The predicted molar refractivity (Wildman–Crippen MR) is 141 cm³/mol. The molecule has 2 aromatic heterocycles. The third-order valence-electron chi connectivity index (χ3n) is 5.40. The molecule has 4 aromatic rings. The number of sulfonamides is 1. The summed E-state index contributed by atoms with van der Waals surface area (Å²) in [7, 11) is -1.92. The van der Waals surface area contributed by atoms with Gasteiger partial charge in [-0.1, -0.05) is 30.3 Å². The van der Waals surface area contributed by atoms with Crippen LogP contribution >= 0.6 is 11.6 Å². The number of alkyl carbamates (subject to hydrolysis) is 1. The van der Waals surface area contributed by atoms with Crippen LogP contribution in [0, 0.1) is 0 Å². The fourth-order valence-corrected chi connectivity index (χ4v) is 4.78. The summed E-state index contributed by atoms with van der Waals surface area (Å²) in [5.41, 5.74) is 2.51. The highest BCUT2D eigenvalue weighted by molar-refractivity contribution is 7.92. The minimum atomic E-state index is -3.66. The maximum Gasteiger partial charge on any atom is 0.407 e. The zero-order chi connectivity index (χ0) is 26.3. The number of hydrogen-bond donors (Lipinski definition) is 3. The number of carbonyl (C=O) groups is 1. The Morgan fingerprint density at radius 2 is 1.81 bits per heavy atom. The number of amides is 1. The van der Waals surface area contributed by atoms with Crippen LogP contribution in [0.1, 0.15) is 18.4 Å². The first-order valence-electron chi connectivity index (χ1n) is 11.5. The van der Waals surface area contributed by atoms with Crippen molar-refractivity contribution in [2.75, 3.05) is 23.7 Å². The molecule has 0 bridgehead atoms. The van der Waals surface area contributed by atoms with E-state index in [-0.39, 0.29) is 23.3 Å². The van der Waals surface area contributed by atoms with Crippen molar-refractivity contribution in [1.29, 1.82) is 0 Å². The summed E-state index contributed by atoms with van der Waals surface area (Å²) in [6.45, 7) is 1.15. The summed E-state index contributed by atoms with van der Waals surface area (Å²) in [5.74, 6) is 0.567. The summed E-state index contributed by atoms with van der Waals surface area (Å²) in [4.78, 5) is 24.9. The monoisotopic (exact) mass is 543 g/mol. The molecule has 11 nitrogen and oxygen atoms in total. The molecule has 2 heterocycles. The number of unbranched alkanes of at least 4 members (excludes halogenated alkanes) is 1. The molecular weight excluding hydrogens is 518 g/mol. The topological polar surface area (TPSA) is 140 Å². The molecular formula is C24H26ClN7O4S. The molecule has 0 fully saturated rings. The minimum absolute atomic E-state index is 0.140. The highest BCUT2D eigenvalue weighted by Gasteiger charge is 2.14. The summed E-state index contributed by atoms with van der Waals surface area (Å²) < 4.78 is 34.5. The first-order valence-corrected chi connectivity index (χ1v) is 13.4. The van der Waals surface area contributed by atoms with Gasteiger partial charge in [-0.15, -0.1) is 0 Å². The van der Waals surface area contributed by atoms with Gasteiger partial charge in [0.1, 0.15) is 0 Å². The van der Waals surface area contributed by atoms with Crippen molar-refractivity contribution in [3.8, 4) is 0 Å². The van der Waals surface area contributed by atoms with E-state index in [2.05, 4.69) is 30.3 Å². The number of nitrogens with zero attached hydrogens (tertiary/aromatic N) is 4. The van der Waals surface area contributed by atoms with E-state index in [1.165, 1.54) is 12.1 Å². The summed E-state index contributed by atoms with van der Waals surface area (Å²) >= 11 is 5.99. The average molecular weight is 544 g/mol. The number of anilines is 2. The zero-order valence-electron chi connectivity index (χ0n) is 20.0. The van der Waals surface area contributed by atoms with Crippen LogP contribution in [0.2, 0.25) is 5.28 Å². The van der Waals surface area contributed by atoms with Crippen LogP contribution in [0.3, 0.4) is 0 Å². The summed E-state index contributed by atoms with van der Waals surface area (Å²) in [5, 5.41) is 5.78. The molecule has 4 rings (SSSR count). The van der Waals surface area contributed by atoms with Gasteiger partial charge in [0.15, 0.2) is 17.0 Å². The second-order valence-corrected chi connectivity index (χ2v) is 10.0. The van der Waals surface area contributed by atoms with Crippen molar-refractivity contribution in [2.24, 2.45) is 0 Å².